The molecule has 2 nitrogen and oxygen atoms in total. The van der Waals surface area contributed by atoms with E-state index in [1.807, 2.05) is 0 Å². The van der Waals surface area contributed by atoms with Crippen molar-refractivity contribution in [3.63, 3.8) is 0 Å². The number of benzene rings is 1. The Morgan fingerprint density at radius 1 is 0.778 bits per heavy atom. The maximum atomic E-state index is 9.41. The fourth-order valence-electron chi connectivity index (χ4n) is 1.42. The summed E-state index contributed by atoms with van der Waals surface area (Å²) in [4.78, 5) is 3.84. The summed E-state index contributed by atoms with van der Waals surface area (Å²) in [7, 11) is 0. The van der Waals surface area contributed by atoms with Gasteiger partial charge in [-0.05, 0) is 6.07 Å². The van der Waals surface area contributed by atoms with Crippen LogP contribution in [0.1, 0.15) is 0 Å². The number of pyridine rings is 1. The molecular formula is C11H4Cl5NO. The van der Waals surface area contributed by atoms with E-state index in [4.69, 9.17) is 58.0 Å². The average Bonchev–Trinajstić information content (AvgIpc) is 2.34. The summed E-state index contributed by atoms with van der Waals surface area (Å²) in [5, 5.41) is 10.0. The van der Waals surface area contributed by atoms with E-state index in [1.54, 1.807) is 0 Å². The van der Waals surface area contributed by atoms with Gasteiger partial charge < -0.3 is 5.11 Å². The van der Waals surface area contributed by atoms with Crippen LogP contribution in [0.5, 0.6) is 5.75 Å². The molecule has 0 spiro atoms. The highest BCUT2D eigenvalue weighted by molar-refractivity contribution is 6.56. The van der Waals surface area contributed by atoms with Crippen LogP contribution < -0.4 is 0 Å². The molecule has 0 amide bonds. The highest BCUT2D eigenvalue weighted by Crippen LogP contribution is 2.48. The summed E-state index contributed by atoms with van der Waals surface area (Å²) in [6, 6.07) is 1.45. The van der Waals surface area contributed by atoms with Gasteiger partial charge in [-0.1, -0.05) is 58.0 Å². The van der Waals surface area contributed by atoms with Crippen LogP contribution in [-0.4, -0.2) is 10.1 Å². The van der Waals surface area contributed by atoms with Crippen molar-refractivity contribution in [1.82, 2.24) is 4.98 Å². The molecule has 0 aliphatic rings. The summed E-state index contributed by atoms with van der Waals surface area (Å²) in [6.07, 6.45) is 2.76. The normalized spacial score (nSPS) is 10.7. The Morgan fingerprint density at radius 3 is 1.78 bits per heavy atom. The lowest BCUT2D eigenvalue weighted by Gasteiger charge is -2.12. The lowest BCUT2D eigenvalue weighted by molar-refractivity contribution is 0.473. The number of halogens is 5. The first kappa shape index (κ1) is 14.0. The number of hydrogen-bond donors (Lipinski definition) is 1. The van der Waals surface area contributed by atoms with E-state index in [1.165, 1.54) is 18.5 Å². The van der Waals surface area contributed by atoms with Gasteiger partial charge in [0.25, 0.3) is 0 Å². The molecule has 0 fully saturated rings. The second kappa shape index (κ2) is 5.32. The number of aromatic nitrogens is 1. The first-order chi connectivity index (χ1) is 8.43. The maximum Gasteiger partial charge on any atom is 0.134 e. The molecule has 1 N–H and O–H groups in total. The predicted octanol–water partition coefficient (Wildman–Crippen LogP) is 5.72. The van der Waals surface area contributed by atoms with Crippen LogP contribution in [0.3, 0.4) is 0 Å². The third-order valence-corrected chi connectivity index (χ3v) is 4.50. The summed E-state index contributed by atoms with van der Waals surface area (Å²) >= 11 is 30.0. The smallest absolute Gasteiger partial charge is 0.134 e. The molecule has 1 aromatic carbocycles. The predicted molar refractivity (Wildman–Crippen MR) is 76.4 cm³/mol. The van der Waals surface area contributed by atoms with Crippen molar-refractivity contribution in [2.75, 3.05) is 0 Å². The number of aromatic hydroxyl groups is 1. The van der Waals surface area contributed by atoms with Crippen molar-refractivity contribution in [2.24, 2.45) is 0 Å². The number of rotatable bonds is 1. The van der Waals surface area contributed by atoms with Crippen molar-refractivity contribution in [1.29, 1.82) is 0 Å². The molecule has 0 saturated carbocycles. The molecule has 0 unspecified atom stereocenters. The molecule has 1 aromatic heterocycles. The minimum absolute atomic E-state index is 0.0261. The van der Waals surface area contributed by atoms with Gasteiger partial charge in [-0.2, -0.15) is 0 Å². The zero-order valence-corrected chi connectivity index (χ0v) is 12.3. The van der Waals surface area contributed by atoms with E-state index in [-0.39, 0.29) is 30.9 Å². The molecule has 0 bridgehead atoms. The Labute approximate surface area is 128 Å². The maximum absolute atomic E-state index is 9.41. The Hall–Kier alpha value is -0.380. The molecule has 0 aliphatic carbocycles. The van der Waals surface area contributed by atoms with Crippen molar-refractivity contribution < 1.29 is 5.11 Å². The van der Waals surface area contributed by atoms with E-state index in [0.29, 0.717) is 11.1 Å². The average molecular weight is 343 g/mol. The number of hydrogen-bond acceptors (Lipinski definition) is 2. The zero-order valence-electron chi connectivity index (χ0n) is 8.52. The molecule has 2 rings (SSSR count). The lowest BCUT2D eigenvalue weighted by Crippen LogP contribution is -1.87. The molecule has 18 heavy (non-hydrogen) atoms. The van der Waals surface area contributed by atoms with Gasteiger partial charge in [-0.15, -0.1) is 0 Å². The Bertz CT molecular complexity index is 600. The fourth-order valence-corrected chi connectivity index (χ4v) is 2.78. The van der Waals surface area contributed by atoms with E-state index in [9.17, 15) is 5.11 Å². The van der Waals surface area contributed by atoms with E-state index in [0.717, 1.165) is 0 Å². The van der Waals surface area contributed by atoms with E-state index >= 15 is 0 Å². The summed E-state index contributed by atoms with van der Waals surface area (Å²) in [6.45, 7) is 0. The molecule has 94 valence electrons. The quantitative estimate of drug-likeness (QED) is 0.530. The van der Waals surface area contributed by atoms with Crippen molar-refractivity contribution in [2.45, 2.75) is 0 Å². The van der Waals surface area contributed by atoms with Gasteiger partial charge in [0, 0.05) is 17.3 Å². The minimum Gasteiger partial charge on any atom is -0.506 e. The van der Waals surface area contributed by atoms with Crippen LogP contribution in [-0.2, 0) is 0 Å². The highest BCUT2D eigenvalue weighted by Gasteiger charge is 2.20. The fraction of sp³-hybridized carbons (Fsp3) is 0. The van der Waals surface area contributed by atoms with E-state index < -0.39 is 0 Å². The van der Waals surface area contributed by atoms with Crippen LogP contribution >= 0.6 is 58.0 Å². The first-order valence-corrected chi connectivity index (χ1v) is 6.48. The summed E-state index contributed by atoms with van der Waals surface area (Å²) in [5.74, 6) is -0.0261. The second-order valence-corrected chi connectivity index (χ2v) is 5.27. The van der Waals surface area contributed by atoms with Gasteiger partial charge >= 0.3 is 0 Å². The van der Waals surface area contributed by atoms with Gasteiger partial charge in [0.1, 0.15) is 5.75 Å². The molecule has 0 aliphatic heterocycles. The SMILES string of the molecule is Oc1cncc(-c2c(Cl)c(Cl)c(Cl)c(Cl)c2Cl)c1. The monoisotopic (exact) mass is 341 g/mol. The van der Waals surface area contributed by atoms with Crippen molar-refractivity contribution in [3.8, 4) is 16.9 Å². The minimum atomic E-state index is -0.0261. The second-order valence-electron chi connectivity index (χ2n) is 3.38. The van der Waals surface area contributed by atoms with Crippen LogP contribution in [0.15, 0.2) is 18.5 Å². The lowest BCUT2D eigenvalue weighted by atomic mass is 10.1. The molecule has 7 heteroatoms. The molecular weight excluding hydrogens is 339 g/mol. The Kier molecular flexibility index (Phi) is 4.15. The Morgan fingerprint density at radius 2 is 1.28 bits per heavy atom. The van der Waals surface area contributed by atoms with Gasteiger partial charge in [-0.3, -0.25) is 4.98 Å². The van der Waals surface area contributed by atoms with Gasteiger partial charge in [0.2, 0.25) is 0 Å². The van der Waals surface area contributed by atoms with Crippen LogP contribution in [0.4, 0.5) is 0 Å². The third kappa shape index (κ3) is 2.36. The summed E-state index contributed by atoms with van der Waals surface area (Å²) in [5.41, 5.74) is 0.867. The molecule has 0 atom stereocenters. The molecule has 0 radical (unpaired) electrons. The van der Waals surface area contributed by atoms with Crippen molar-refractivity contribution in [3.05, 3.63) is 43.6 Å². The third-order valence-electron chi connectivity index (χ3n) is 2.22. The van der Waals surface area contributed by atoms with Gasteiger partial charge in [0.15, 0.2) is 0 Å². The molecule has 2 aromatic rings. The van der Waals surface area contributed by atoms with Gasteiger partial charge in [-0.25, -0.2) is 0 Å². The summed E-state index contributed by atoms with van der Waals surface area (Å²) < 4.78 is 0. The molecule has 1 heterocycles. The molecule has 0 saturated heterocycles. The largest absolute Gasteiger partial charge is 0.506 e. The zero-order chi connectivity index (χ0) is 13.4. The highest BCUT2D eigenvalue weighted by atomic mass is 35.5. The van der Waals surface area contributed by atoms with Crippen molar-refractivity contribution >= 4 is 58.0 Å². The van der Waals surface area contributed by atoms with Gasteiger partial charge in [0.05, 0.1) is 31.3 Å². The Balaban J connectivity index is 2.80. The van der Waals surface area contributed by atoms with E-state index in [2.05, 4.69) is 4.98 Å². The standard InChI is InChI=1S/C11H4Cl5NO/c12-7-6(4-1-5(18)3-17-2-4)8(13)10(15)11(16)9(7)14/h1-3,18H. The van der Waals surface area contributed by atoms with Crippen LogP contribution in [0, 0.1) is 0 Å². The first-order valence-electron chi connectivity index (χ1n) is 4.59. The topological polar surface area (TPSA) is 33.1 Å². The van der Waals surface area contributed by atoms with Crippen LogP contribution in [0.2, 0.25) is 25.1 Å². The number of nitrogens with zero attached hydrogens (tertiary/aromatic N) is 1. The van der Waals surface area contributed by atoms with Crippen LogP contribution in [0.25, 0.3) is 11.1 Å².